The molecule has 0 aromatic heterocycles. The van der Waals surface area contributed by atoms with Crippen molar-refractivity contribution in [2.45, 2.75) is 9.34 Å². The molecule has 5 heteroatoms. The summed E-state index contributed by atoms with van der Waals surface area (Å²) >= 11 is 6.28. The molecule has 0 bridgehead atoms. The van der Waals surface area contributed by atoms with Crippen LogP contribution in [0.4, 0.5) is 0 Å². The molecule has 1 rings (SSSR count). The zero-order chi connectivity index (χ0) is 8.32. The van der Waals surface area contributed by atoms with Gasteiger partial charge in [0.1, 0.15) is 6.10 Å². The molecule has 3 nitrogen and oxygen atoms in total. The Balaban J connectivity index is 2.05. The highest BCUT2D eigenvalue weighted by molar-refractivity contribution is 9.25. The van der Waals surface area contributed by atoms with Gasteiger partial charge in [0, 0.05) is 0 Å². The molecule has 0 saturated carbocycles. The van der Waals surface area contributed by atoms with Crippen LogP contribution >= 0.6 is 31.9 Å². The highest BCUT2D eigenvalue weighted by atomic mass is 79.9. The van der Waals surface area contributed by atoms with E-state index in [4.69, 9.17) is 14.7 Å². The fourth-order valence-corrected chi connectivity index (χ4v) is 0.839. The van der Waals surface area contributed by atoms with Crippen LogP contribution in [0.1, 0.15) is 0 Å². The molecular formula is C6H7Br2NO2. The quantitative estimate of drug-likeness (QED) is 0.579. The monoisotopic (exact) mass is 283 g/mol. The molecule has 0 amide bonds. The van der Waals surface area contributed by atoms with Crippen molar-refractivity contribution in [2.24, 2.45) is 0 Å². The van der Waals surface area contributed by atoms with Crippen LogP contribution < -0.4 is 0 Å². The third-order valence-electron chi connectivity index (χ3n) is 1.15. The summed E-state index contributed by atoms with van der Waals surface area (Å²) in [4.78, 5) is 0. The molecule has 1 saturated heterocycles. The van der Waals surface area contributed by atoms with Crippen LogP contribution in [0.2, 0.25) is 0 Å². The molecule has 0 N–H and O–H groups in total. The molecule has 1 aliphatic heterocycles. The number of ether oxygens (including phenoxy) is 2. The van der Waals surface area contributed by atoms with Crippen molar-refractivity contribution in [3.05, 3.63) is 0 Å². The van der Waals surface area contributed by atoms with Crippen molar-refractivity contribution in [2.75, 3.05) is 19.8 Å². The van der Waals surface area contributed by atoms with Crippen LogP contribution in [0.5, 0.6) is 0 Å². The molecule has 0 radical (unpaired) electrons. The van der Waals surface area contributed by atoms with Gasteiger partial charge in [0.15, 0.2) is 3.23 Å². The zero-order valence-corrected chi connectivity index (χ0v) is 8.89. The first-order valence-corrected chi connectivity index (χ1v) is 4.71. The smallest absolute Gasteiger partial charge is 0.189 e. The molecule has 0 aromatic carbocycles. The molecule has 62 valence electrons. The van der Waals surface area contributed by atoms with Crippen molar-refractivity contribution in [1.82, 2.24) is 0 Å². The Labute approximate surface area is 81.9 Å². The molecule has 11 heavy (non-hydrogen) atoms. The zero-order valence-electron chi connectivity index (χ0n) is 5.72. The predicted octanol–water partition coefficient (Wildman–Crippen LogP) is 1.41. The third kappa shape index (κ3) is 4.06. The number of nitriles is 1. The normalized spacial score (nSPS) is 22.8. The van der Waals surface area contributed by atoms with Crippen LogP contribution in [0.3, 0.4) is 0 Å². The van der Waals surface area contributed by atoms with Gasteiger partial charge in [0.05, 0.1) is 25.9 Å². The number of epoxide rings is 1. The maximum atomic E-state index is 8.52. The highest BCUT2D eigenvalue weighted by Crippen LogP contribution is 2.25. The minimum Gasteiger partial charge on any atom is -0.375 e. The van der Waals surface area contributed by atoms with Gasteiger partial charge in [-0.1, -0.05) is 31.9 Å². The first-order valence-electron chi connectivity index (χ1n) is 3.12. The number of halogens is 2. The maximum absolute atomic E-state index is 8.52. The van der Waals surface area contributed by atoms with Gasteiger partial charge in [-0.05, 0) is 0 Å². The van der Waals surface area contributed by atoms with Crippen molar-refractivity contribution in [1.29, 1.82) is 5.26 Å². The fraction of sp³-hybridized carbons (Fsp3) is 0.833. The molecule has 1 atom stereocenters. The highest BCUT2D eigenvalue weighted by Gasteiger charge is 2.26. The van der Waals surface area contributed by atoms with Gasteiger partial charge in [0.2, 0.25) is 0 Å². The van der Waals surface area contributed by atoms with E-state index in [9.17, 15) is 0 Å². The Morgan fingerprint density at radius 2 is 2.36 bits per heavy atom. The van der Waals surface area contributed by atoms with E-state index < -0.39 is 3.23 Å². The summed E-state index contributed by atoms with van der Waals surface area (Å²) in [5.74, 6) is 0. The van der Waals surface area contributed by atoms with E-state index in [1.165, 1.54) is 0 Å². The summed E-state index contributed by atoms with van der Waals surface area (Å²) in [5.41, 5.74) is 0. The van der Waals surface area contributed by atoms with Crippen LogP contribution in [0.25, 0.3) is 0 Å². The Morgan fingerprint density at radius 1 is 1.73 bits per heavy atom. The first-order chi connectivity index (χ1) is 5.14. The summed E-state index contributed by atoms with van der Waals surface area (Å²) in [6, 6.07) is 2.00. The van der Waals surface area contributed by atoms with E-state index in [2.05, 4.69) is 31.9 Å². The Bertz CT molecular complexity index is 174. The number of rotatable bonds is 4. The van der Waals surface area contributed by atoms with Crippen LogP contribution in [-0.2, 0) is 9.47 Å². The third-order valence-corrected chi connectivity index (χ3v) is 1.97. The first kappa shape index (κ1) is 9.46. The lowest BCUT2D eigenvalue weighted by molar-refractivity contribution is 0.121. The lowest BCUT2D eigenvalue weighted by Crippen LogP contribution is -2.18. The van der Waals surface area contributed by atoms with Gasteiger partial charge in [-0.2, -0.15) is 5.26 Å². The standard InChI is InChI=1S/C6H7Br2NO2/c7-6(8,3-9)4-10-1-5-2-11-5/h5H,1-2,4H2. The van der Waals surface area contributed by atoms with E-state index >= 15 is 0 Å². The maximum Gasteiger partial charge on any atom is 0.189 e. The van der Waals surface area contributed by atoms with Gasteiger partial charge in [-0.25, -0.2) is 0 Å². The van der Waals surface area contributed by atoms with Crippen LogP contribution in [0, 0.1) is 11.3 Å². The van der Waals surface area contributed by atoms with Crippen molar-refractivity contribution in [3.8, 4) is 6.07 Å². The predicted molar refractivity (Wildman–Crippen MR) is 46.8 cm³/mol. The topological polar surface area (TPSA) is 45.5 Å². The minimum atomic E-state index is -0.741. The summed E-state index contributed by atoms with van der Waals surface area (Å²) in [7, 11) is 0. The molecule has 1 unspecified atom stereocenters. The van der Waals surface area contributed by atoms with Gasteiger partial charge in [-0.15, -0.1) is 0 Å². The molecule has 0 aliphatic carbocycles. The summed E-state index contributed by atoms with van der Waals surface area (Å²) < 4.78 is 9.35. The number of nitrogens with zero attached hydrogens (tertiary/aromatic N) is 1. The molecular weight excluding hydrogens is 278 g/mol. The Morgan fingerprint density at radius 3 is 2.82 bits per heavy atom. The Hall–Kier alpha value is 0.370. The average Bonchev–Trinajstić information content (AvgIpc) is 2.71. The van der Waals surface area contributed by atoms with Crippen molar-refractivity contribution < 1.29 is 9.47 Å². The Kier molecular flexibility index (Phi) is 3.31. The number of hydrogen-bond acceptors (Lipinski definition) is 3. The second kappa shape index (κ2) is 3.85. The fourth-order valence-electron chi connectivity index (χ4n) is 0.515. The van der Waals surface area contributed by atoms with Gasteiger partial charge in [0.25, 0.3) is 0 Å². The SMILES string of the molecule is N#CC(Br)(Br)COCC1CO1. The van der Waals surface area contributed by atoms with Crippen molar-refractivity contribution >= 4 is 31.9 Å². The lowest BCUT2D eigenvalue weighted by Gasteiger charge is -2.09. The van der Waals surface area contributed by atoms with Gasteiger partial charge >= 0.3 is 0 Å². The van der Waals surface area contributed by atoms with Gasteiger partial charge < -0.3 is 9.47 Å². The van der Waals surface area contributed by atoms with E-state index in [1.807, 2.05) is 6.07 Å². The lowest BCUT2D eigenvalue weighted by atomic mass is 10.5. The van der Waals surface area contributed by atoms with E-state index in [1.54, 1.807) is 0 Å². The van der Waals surface area contributed by atoms with E-state index in [0.29, 0.717) is 13.2 Å². The van der Waals surface area contributed by atoms with E-state index in [0.717, 1.165) is 6.61 Å². The second-order valence-corrected chi connectivity index (χ2v) is 6.06. The molecule has 1 fully saturated rings. The molecule has 1 heterocycles. The summed E-state index contributed by atoms with van der Waals surface area (Å²) in [5, 5.41) is 8.52. The average molecular weight is 285 g/mol. The molecule has 1 aliphatic rings. The summed E-state index contributed by atoms with van der Waals surface area (Å²) in [6.45, 7) is 1.67. The molecule has 0 aromatic rings. The van der Waals surface area contributed by atoms with E-state index in [-0.39, 0.29) is 6.10 Å². The van der Waals surface area contributed by atoms with Gasteiger partial charge in [-0.3, -0.25) is 0 Å². The minimum absolute atomic E-state index is 0.254. The second-order valence-electron chi connectivity index (χ2n) is 2.29. The summed E-state index contributed by atoms with van der Waals surface area (Å²) in [6.07, 6.45) is 0.254. The largest absolute Gasteiger partial charge is 0.375 e. The molecule has 0 spiro atoms. The number of alkyl halides is 2. The van der Waals surface area contributed by atoms with Crippen LogP contribution in [-0.4, -0.2) is 29.2 Å². The van der Waals surface area contributed by atoms with Crippen LogP contribution in [0.15, 0.2) is 0 Å². The van der Waals surface area contributed by atoms with Crippen molar-refractivity contribution in [3.63, 3.8) is 0 Å². The number of hydrogen-bond donors (Lipinski definition) is 0.